The van der Waals surface area contributed by atoms with Crippen LogP contribution in [0, 0.1) is 13.8 Å². The molecule has 17 heavy (non-hydrogen) atoms. The summed E-state index contributed by atoms with van der Waals surface area (Å²) in [4.78, 5) is 0. The van der Waals surface area contributed by atoms with Gasteiger partial charge in [0.15, 0.2) is 6.29 Å². The van der Waals surface area contributed by atoms with Crippen molar-refractivity contribution >= 4 is 0 Å². The Bertz CT molecular complexity index is 331. The molecule has 0 aliphatic heterocycles. The normalized spacial score (nSPS) is 10.9. The molecule has 0 radical (unpaired) electrons. The van der Waals surface area contributed by atoms with Crippen molar-refractivity contribution in [2.75, 3.05) is 20.3 Å². The van der Waals surface area contributed by atoms with Crippen LogP contribution in [0.4, 0.5) is 0 Å². The molecule has 0 saturated heterocycles. The van der Waals surface area contributed by atoms with Gasteiger partial charge in [-0.3, -0.25) is 0 Å². The highest BCUT2D eigenvalue weighted by Gasteiger charge is 2.14. The second-order valence-electron chi connectivity index (χ2n) is 3.93. The van der Waals surface area contributed by atoms with E-state index in [4.69, 9.17) is 14.2 Å². The van der Waals surface area contributed by atoms with Crippen LogP contribution in [0.1, 0.15) is 36.8 Å². The Balaban J connectivity index is 3.03. The van der Waals surface area contributed by atoms with Crippen molar-refractivity contribution in [2.45, 2.75) is 34.0 Å². The number of hydrogen-bond acceptors (Lipinski definition) is 3. The highest BCUT2D eigenvalue weighted by atomic mass is 16.7. The molecule has 0 aliphatic rings. The number of methoxy groups -OCH3 is 1. The Kier molecular flexibility index (Phi) is 5.45. The number of aryl methyl sites for hydroxylation is 2. The van der Waals surface area contributed by atoms with Crippen molar-refractivity contribution in [3.05, 3.63) is 28.8 Å². The van der Waals surface area contributed by atoms with E-state index in [0.29, 0.717) is 13.2 Å². The second kappa shape index (κ2) is 6.62. The van der Waals surface area contributed by atoms with Crippen molar-refractivity contribution in [3.63, 3.8) is 0 Å². The first kappa shape index (κ1) is 14.0. The van der Waals surface area contributed by atoms with E-state index >= 15 is 0 Å². The predicted octanol–water partition coefficient (Wildman–Crippen LogP) is 3.38. The van der Waals surface area contributed by atoms with Gasteiger partial charge in [-0.25, -0.2) is 0 Å². The molecule has 0 atom stereocenters. The van der Waals surface area contributed by atoms with Gasteiger partial charge in [0.25, 0.3) is 0 Å². The monoisotopic (exact) mass is 238 g/mol. The van der Waals surface area contributed by atoms with Crippen molar-refractivity contribution in [1.29, 1.82) is 0 Å². The van der Waals surface area contributed by atoms with Crippen molar-refractivity contribution < 1.29 is 14.2 Å². The molecule has 0 unspecified atom stereocenters. The molecule has 0 aliphatic carbocycles. The maximum absolute atomic E-state index is 5.59. The molecule has 1 aromatic rings. The smallest absolute Gasteiger partial charge is 0.183 e. The molecule has 0 saturated carbocycles. The summed E-state index contributed by atoms with van der Waals surface area (Å²) < 4.78 is 16.5. The van der Waals surface area contributed by atoms with Gasteiger partial charge in [0.05, 0.1) is 7.11 Å². The predicted molar refractivity (Wildman–Crippen MR) is 68.5 cm³/mol. The van der Waals surface area contributed by atoms with Gasteiger partial charge in [0.2, 0.25) is 0 Å². The third kappa shape index (κ3) is 3.45. The summed E-state index contributed by atoms with van der Waals surface area (Å²) in [6.07, 6.45) is -0.284. The van der Waals surface area contributed by atoms with Gasteiger partial charge in [0, 0.05) is 18.8 Å². The molecule has 3 heteroatoms. The fourth-order valence-corrected chi connectivity index (χ4v) is 1.99. The average Bonchev–Trinajstić information content (AvgIpc) is 2.28. The standard InChI is InChI=1S/C14H22O3/c1-6-16-14(17-7-2)12-8-10(3)13(15-5)11(4)9-12/h8-9,14H,6-7H2,1-5H3. The number of ether oxygens (including phenoxy) is 3. The molecule has 0 spiro atoms. The molecule has 1 rings (SSSR count). The summed E-state index contributed by atoms with van der Waals surface area (Å²) >= 11 is 0. The number of rotatable bonds is 6. The van der Waals surface area contributed by atoms with Crippen LogP contribution in [0.15, 0.2) is 12.1 Å². The zero-order valence-corrected chi connectivity index (χ0v) is 11.4. The fourth-order valence-electron chi connectivity index (χ4n) is 1.99. The molecule has 0 fully saturated rings. The fraction of sp³-hybridized carbons (Fsp3) is 0.571. The van der Waals surface area contributed by atoms with Crippen LogP contribution in [0.2, 0.25) is 0 Å². The Morgan fingerprint density at radius 3 is 1.82 bits per heavy atom. The summed E-state index contributed by atoms with van der Waals surface area (Å²) in [6.45, 7) is 9.27. The lowest BCUT2D eigenvalue weighted by Gasteiger charge is -2.19. The number of benzene rings is 1. The molecule has 1 aromatic carbocycles. The second-order valence-corrected chi connectivity index (χ2v) is 3.93. The zero-order chi connectivity index (χ0) is 12.8. The van der Waals surface area contributed by atoms with Gasteiger partial charge in [-0.2, -0.15) is 0 Å². The van der Waals surface area contributed by atoms with Crippen LogP contribution in [0.25, 0.3) is 0 Å². The van der Waals surface area contributed by atoms with E-state index in [-0.39, 0.29) is 6.29 Å². The van der Waals surface area contributed by atoms with Crippen LogP contribution >= 0.6 is 0 Å². The average molecular weight is 238 g/mol. The lowest BCUT2D eigenvalue weighted by Crippen LogP contribution is -2.09. The summed E-state index contributed by atoms with van der Waals surface area (Å²) in [5.41, 5.74) is 3.25. The van der Waals surface area contributed by atoms with E-state index in [1.165, 1.54) is 0 Å². The van der Waals surface area contributed by atoms with Gasteiger partial charge in [-0.05, 0) is 51.0 Å². The largest absolute Gasteiger partial charge is 0.496 e. The molecular weight excluding hydrogens is 216 g/mol. The van der Waals surface area contributed by atoms with E-state index in [9.17, 15) is 0 Å². The van der Waals surface area contributed by atoms with E-state index in [1.54, 1.807) is 7.11 Å². The quantitative estimate of drug-likeness (QED) is 0.711. The van der Waals surface area contributed by atoms with E-state index in [2.05, 4.69) is 12.1 Å². The maximum atomic E-state index is 5.59. The lowest BCUT2D eigenvalue weighted by molar-refractivity contribution is -0.140. The first-order valence-electron chi connectivity index (χ1n) is 6.02. The Morgan fingerprint density at radius 2 is 1.47 bits per heavy atom. The maximum Gasteiger partial charge on any atom is 0.183 e. The van der Waals surface area contributed by atoms with Crippen LogP contribution in [0.5, 0.6) is 5.75 Å². The molecule has 0 aromatic heterocycles. The summed E-state index contributed by atoms with van der Waals surface area (Å²) in [7, 11) is 1.69. The zero-order valence-electron chi connectivity index (χ0n) is 11.4. The Labute approximate surface area is 104 Å². The third-order valence-electron chi connectivity index (χ3n) is 2.60. The minimum Gasteiger partial charge on any atom is -0.496 e. The van der Waals surface area contributed by atoms with E-state index in [0.717, 1.165) is 22.4 Å². The molecular formula is C14H22O3. The highest BCUT2D eigenvalue weighted by molar-refractivity contribution is 5.43. The summed E-state index contributed by atoms with van der Waals surface area (Å²) in [6, 6.07) is 4.11. The third-order valence-corrected chi connectivity index (χ3v) is 2.60. The van der Waals surface area contributed by atoms with E-state index < -0.39 is 0 Å². The molecule has 0 N–H and O–H groups in total. The van der Waals surface area contributed by atoms with Crippen LogP contribution < -0.4 is 4.74 Å². The minimum atomic E-state index is -0.284. The van der Waals surface area contributed by atoms with Gasteiger partial charge in [-0.15, -0.1) is 0 Å². The first-order chi connectivity index (χ1) is 8.13. The van der Waals surface area contributed by atoms with Crippen LogP contribution in [0.3, 0.4) is 0 Å². The van der Waals surface area contributed by atoms with Crippen LogP contribution in [-0.2, 0) is 9.47 Å². The first-order valence-corrected chi connectivity index (χ1v) is 6.02. The minimum absolute atomic E-state index is 0.284. The van der Waals surface area contributed by atoms with Crippen LogP contribution in [-0.4, -0.2) is 20.3 Å². The highest BCUT2D eigenvalue weighted by Crippen LogP contribution is 2.29. The van der Waals surface area contributed by atoms with Gasteiger partial charge < -0.3 is 14.2 Å². The summed E-state index contributed by atoms with van der Waals surface area (Å²) in [5, 5.41) is 0. The summed E-state index contributed by atoms with van der Waals surface area (Å²) in [5.74, 6) is 0.931. The Morgan fingerprint density at radius 1 is 1.00 bits per heavy atom. The topological polar surface area (TPSA) is 27.7 Å². The van der Waals surface area contributed by atoms with Gasteiger partial charge >= 0.3 is 0 Å². The van der Waals surface area contributed by atoms with Crippen molar-refractivity contribution in [1.82, 2.24) is 0 Å². The van der Waals surface area contributed by atoms with Gasteiger partial charge in [0.1, 0.15) is 5.75 Å². The molecule has 96 valence electrons. The molecule has 0 amide bonds. The van der Waals surface area contributed by atoms with Gasteiger partial charge in [-0.1, -0.05) is 0 Å². The van der Waals surface area contributed by atoms with E-state index in [1.807, 2.05) is 27.7 Å². The lowest BCUT2D eigenvalue weighted by atomic mass is 10.1. The van der Waals surface area contributed by atoms with Crippen molar-refractivity contribution in [2.24, 2.45) is 0 Å². The molecule has 0 bridgehead atoms. The van der Waals surface area contributed by atoms with Crippen molar-refractivity contribution in [3.8, 4) is 5.75 Å². The SMILES string of the molecule is CCOC(OCC)c1cc(C)c(OC)c(C)c1. The number of hydrogen-bond donors (Lipinski definition) is 0. The molecule has 3 nitrogen and oxygen atoms in total. The Hall–Kier alpha value is -1.06. The molecule has 0 heterocycles.